The van der Waals surface area contributed by atoms with Gasteiger partial charge in [0.2, 0.25) is 21.8 Å². The Hall–Kier alpha value is -2.58. The zero-order valence-electron chi connectivity index (χ0n) is 21.5. The molecule has 0 saturated heterocycles. The van der Waals surface area contributed by atoms with Gasteiger partial charge in [-0.2, -0.15) is 0 Å². The molecule has 0 spiro atoms. The molecule has 2 aromatic rings. The Morgan fingerprint density at radius 2 is 1.72 bits per heavy atom. The van der Waals surface area contributed by atoms with Gasteiger partial charge < -0.3 is 10.2 Å². The number of hydrogen-bond donors (Lipinski definition) is 1. The smallest absolute Gasteiger partial charge is 0.244 e. The average Bonchev–Trinajstić information content (AvgIpc) is 2.82. The SMILES string of the molecule is Cc1ccccc1CN(C(=O)CN(c1ccc(Cl)cc1C)S(C)(=O)=O)[C@@H](C)C(=O)NC1CCCCC1. The van der Waals surface area contributed by atoms with Gasteiger partial charge >= 0.3 is 0 Å². The van der Waals surface area contributed by atoms with Crippen molar-refractivity contribution in [3.63, 3.8) is 0 Å². The van der Waals surface area contributed by atoms with Crippen LogP contribution in [0.2, 0.25) is 5.02 Å². The van der Waals surface area contributed by atoms with Gasteiger partial charge in [0.25, 0.3) is 0 Å². The predicted octanol–water partition coefficient (Wildman–Crippen LogP) is 4.59. The molecule has 1 fully saturated rings. The van der Waals surface area contributed by atoms with E-state index in [1.54, 1.807) is 32.0 Å². The third-order valence-corrected chi connectivity index (χ3v) is 8.19. The van der Waals surface area contributed by atoms with Gasteiger partial charge in [0, 0.05) is 17.6 Å². The Bertz CT molecular complexity index is 1200. The summed E-state index contributed by atoms with van der Waals surface area (Å²) in [5.74, 6) is -0.679. The molecule has 2 aromatic carbocycles. The van der Waals surface area contributed by atoms with Crippen molar-refractivity contribution in [2.75, 3.05) is 17.1 Å². The summed E-state index contributed by atoms with van der Waals surface area (Å²) >= 11 is 6.07. The van der Waals surface area contributed by atoms with Crippen molar-refractivity contribution in [2.45, 2.75) is 71.5 Å². The molecule has 0 aliphatic heterocycles. The summed E-state index contributed by atoms with van der Waals surface area (Å²) in [7, 11) is -3.79. The number of amides is 2. The number of rotatable bonds is 9. The van der Waals surface area contributed by atoms with E-state index in [0.717, 1.165) is 47.4 Å². The lowest BCUT2D eigenvalue weighted by Gasteiger charge is -2.33. The quantitative estimate of drug-likeness (QED) is 0.511. The Balaban J connectivity index is 1.90. The van der Waals surface area contributed by atoms with Crippen LogP contribution in [0.25, 0.3) is 0 Å². The summed E-state index contributed by atoms with van der Waals surface area (Å²) in [6, 6.07) is 11.8. The van der Waals surface area contributed by atoms with E-state index in [4.69, 9.17) is 11.6 Å². The fourth-order valence-corrected chi connectivity index (χ4v) is 5.75. The molecule has 196 valence electrons. The Labute approximate surface area is 219 Å². The summed E-state index contributed by atoms with van der Waals surface area (Å²) in [6.45, 7) is 5.17. The molecule has 0 radical (unpaired) electrons. The van der Waals surface area contributed by atoms with Crippen LogP contribution < -0.4 is 9.62 Å². The first-order chi connectivity index (χ1) is 17.0. The molecule has 7 nitrogen and oxygen atoms in total. The minimum Gasteiger partial charge on any atom is -0.352 e. The highest BCUT2D eigenvalue weighted by Gasteiger charge is 2.31. The number of halogens is 1. The number of anilines is 1. The zero-order chi connectivity index (χ0) is 26.5. The second kappa shape index (κ2) is 12.1. The lowest BCUT2D eigenvalue weighted by atomic mass is 9.95. The number of carbonyl (C=O) groups is 2. The first-order valence-corrected chi connectivity index (χ1v) is 14.6. The van der Waals surface area contributed by atoms with E-state index >= 15 is 0 Å². The second-order valence-electron chi connectivity index (χ2n) is 9.67. The normalized spacial score (nSPS) is 15.2. The first-order valence-electron chi connectivity index (χ1n) is 12.4. The van der Waals surface area contributed by atoms with Gasteiger partial charge in [-0.25, -0.2) is 8.42 Å². The van der Waals surface area contributed by atoms with Crippen LogP contribution in [0.3, 0.4) is 0 Å². The monoisotopic (exact) mass is 533 g/mol. The zero-order valence-corrected chi connectivity index (χ0v) is 23.0. The number of benzene rings is 2. The van der Waals surface area contributed by atoms with Crippen molar-refractivity contribution in [1.82, 2.24) is 10.2 Å². The second-order valence-corrected chi connectivity index (χ2v) is 12.0. The highest BCUT2D eigenvalue weighted by Crippen LogP contribution is 2.26. The third-order valence-electron chi connectivity index (χ3n) is 6.83. The van der Waals surface area contributed by atoms with E-state index in [9.17, 15) is 18.0 Å². The molecular weight excluding hydrogens is 498 g/mol. The lowest BCUT2D eigenvalue weighted by molar-refractivity contribution is -0.139. The van der Waals surface area contributed by atoms with Crippen LogP contribution in [0.4, 0.5) is 5.69 Å². The molecule has 1 aliphatic carbocycles. The lowest BCUT2D eigenvalue weighted by Crippen LogP contribution is -2.53. The molecule has 1 saturated carbocycles. The van der Waals surface area contributed by atoms with Gasteiger partial charge in [-0.3, -0.25) is 13.9 Å². The van der Waals surface area contributed by atoms with Crippen molar-refractivity contribution in [1.29, 1.82) is 0 Å². The molecule has 0 bridgehead atoms. The average molecular weight is 534 g/mol. The van der Waals surface area contributed by atoms with Crippen molar-refractivity contribution >= 4 is 39.1 Å². The summed E-state index contributed by atoms with van der Waals surface area (Å²) < 4.78 is 26.6. The fraction of sp³-hybridized carbons (Fsp3) is 0.481. The highest BCUT2D eigenvalue weighted by molar-refractivity contribution is 7.92. The summed E-state index contributed by atoms with van der Waals surface area (Å²) in [5.41, 5.74) is 2.90. The molecule has 1 N–H and O–H groups in total. The van der Waals surface area contributed by atoms with Crippen molar-refractivity contribution < 1.29 is 18.0 Å². The molecule has 2 amide bonds. The van der Waals surface area contributed by atoms with Crippen molar-refractivity contribution in [3.8, 4) is 0 Å². The molecule has 0 aromatic heterocycles. The molecule has 0 unspecified atom stereocenters. The van der Waals surface area contributed by atoms with Gasteiger partial charge in [-0.05, 0) is 68.5 Å². The summed E-state index contributed by atoms with van der Waals surface area (Å²) in [5, 5.41) is 3.58. The van der Waals surface area contributed by atoms with E-state index in [1.807, 2.05) is 31.2 Å². The first kappa shape index (κ1) is 28.0. The molecule has 36 heavy (non-hydrogen) atoms. The van der Waals surface area contributed by atoms with Crippen molar-refractivity contribution in [2.24, 2.45) is 0 Å². The van der Waals surface area contributed by atoms with Gasteiger partial charge in [0.1, 0.15) is 12.6 Å². The summed E-state index contributed by atoms with van der Waals surface area (Å²) in [4.78, 5) is 28.4. The van der Waals surface area contributed by atoms with Crippen LogP contribution in [0, 0.1) is 13.8 Å². The molecule has 1 atom stereocenters. The number of hydrogen-bond acceptors (Lipinski definition) is 4. The van der Waals surface area contributed by atoms with E-state index in [0.29, 0.717) is 16.3 Å². The van der Waals surface area contributed by atoms with Crippen molar-refractivity contribution in [3.05, 3.63) is 64.2 Å². The Morgan fingerprint density at radius 3 is 2.33 bits per heavy atom. The standard InChI is InChI=1S/C27H36ClN3O4S/c1-19-10-8-9-11-22(19)17-30(21(3)27(33)29-24-12-6-5-7-13-24)26(32)18-31(36(4,34)35)25-15-14-23(28)16-20(25)2/h8-11,14-16,21,24H,5-7,12-13,17-18H2,1-4H3,(H,29,33)/t21-/m0/s1. The van der Waals surface area contributed by atoms with Gasteiger partial charge in [-0.1, -0.05) is 55.1 Å². The summed E-state index contributed by atoms with van der Waals surface area (Å²) in [6.07, 6.45) is 6.26. The van der Waals surface area contributed by atoms with Gasteiger partial charge in [-0.15, -0.1) is 0 Å². The maximum Gasteiger partial charge on any atom is 0.244 e. The van der Waals surface area contributed by atoms with E-state index in [2.05, 4.69) is 5.32 Å². The van der Waals surface area contributed by atoms with E-state index in [1.165, 1.54) is 11.3 Å². The molecular formula is C27H36ClN3O4S. The Morgan fingerprint density at radius 1 is 1.06 bits per heavy atom. The topological polar surface area (TPSA) is 86.8 Å². The fourth-order valence-electron chi connectivity index (χ4n) is 4.62. The number of aryl methyl sites for hydroxylation is 2. The predicted molar refractivity (Wildman–Crippen MR) is 145 cm³/mol. The van der Waals surface area contributed by atoms with Gasteiger partial charge in [0.05, 0.1) is 11.9 Å². The molecule has 3 rings (SSSR count). The largest absolute Gasteiger partial charge is 0.352 e. The Kier molecular flexibility index (Phi) is 9.41. The molecule has 9 heteroatoms. The molecule has 0 heterocycles. The van der Waals surface area contributed by atoms with Crippen LogP contribution in [0.15, 0.2) is 42.5 Å². The van der Waals surface area contributed by atoms with Crippen LogP contribution in [0.5, 0.6) is 0 Å². The molecule has 1 aliphatic rings. The minimum absolute atomic E-state index is 0.105. The number of nitrogens with zero attached hydrogens (tertiary/aromatic N) is 2. The van der Waals surface area contributed by atoms with E-state index < -0.39 is 28.5 Å². The number of nitrogens with one attached hydrogen (secondary N) is 1. The van der Waals surface area contributed by atoms with Crippen LogP contribution in [-0.2, 0) is 26.2 Å². The van der Waals surface area contributed by atoms with Crippen LogP contribution in [-0.4, -0.2) is 50.0 Å². The van der Waals surface area contributed by atoms with E-state index in [-0.39, 0.29) is 18.5 Å². The van der Waals surface area contributed by atoms with Crippen LogP contribution >= 0.6 is 11.6 Å². The highest BCUT2D eigenvalue weighted by atomic mass is 35.5. The van der Waals surface area contributed by atoms with Crippen LogP contribution in [0.1, 0.15) is 55.7 Å². The van der Waals surface area contributed by atoms with Gasteiger partial charge in [0.15, 0.2) is 0 Å². The maximum atomic E-state index is 13.7. The minimum atomic E-state index is -3.79. The number of carbonyl (C=O) groups excluding carboxylic acids is 2. The third kappa shape index (κ3) is 7.23. The maximum absolute atomic E-state index is 13.7. The number of sulfonamides is 1.